The fourth-order valence-electron chi connectivity index (χ4n) is 3.21. The maximum absolute atomic E-state index is 5.82. The van der Waals surface area contributed by atoms with Gasteiger partial charge in [-0.25, -0.2) is 0 Å². The second-order valence-electron chi connectivity index (χ2n) is 6.97. The lowest BCUT2D eigenvalue weighted by atomic mass is 10.1. The van der Waals surface area contributed by atoms with Crippen molar-refractivity contribution in [2.75, 3.05) is 32.9 Å². The van der Waals surface area contributed by atoms with Crippen molar-refractivity contribution < 1.29 is 9.47 Å². The van der Waals surface area contributed by atoms with Gasteiger partial charge in [-0.05, 0) is 32.4 Å². The molecule has 0 aromatic rings. The molecule has 0 spiro atoms. The summed E-state index contributed by atoms with van der Waals surface area (Å²) in [5, 5.41) is 3.36. The van der Waals surface area contributed by atoms with Crippen LogP contribution in [0.15, 0.2) is 0 Å². The van der Waals surface area contributed by atoms with E-state index in [-0.39, 0.29) is 0 Å². The molecule has 1 heterocycles. The van der Waals surface area contributed by atoms with Crippen LogP contribution in [0.25, 0.3) is 0 Å². The molecule has 138 valence electrons. The zero-order chi connectivity index (χ0) is 16.4. The van der Waals surface area contributed by atoms with Crippen molar-refractivity contribution in [3.05, 3.63) is 0 Å². The third kappa shape index (κ3) is 14.0. The number of hydrogen-bond donors (Lipinski definition) is 1. The van der Waals surface area contributed by atoms with E-state index in [9.17, 15) is 0 Å². The SMILES string of the molecule is CCCCCCCCCCCCCOCCOC1CCNCC1. The minimum absolute atomic E-state index is 0.460. The summed E-state index contributed by atoms with van der Waals surface area (Å²) in [5.74, 6) is 0. The molecule has 3 heteroatoms. The molecule has 3 nitrogen and oxygen atoms in total. The molecule has 0 unspecified atom stereocenters. The van der Waals surface area contributed by atoms with Gasteiger partial charge in [0.2, 0.25) is 0 Å². The van der Waals surface area contributed by atoms with E-state index in [1.165, 1.54) is 70.6 Å². The van der Waals surface area contributed by atoms with E-state index in [1.807, 2.05) is 0 Å². The van der Waals surface area contributed by atoms with Crippen molar-refractivity contribution in [3.8, 4) is 0 Å². The van der Waals surface area contributed by atoms with Crippen LogP contribution in [-0.4, -0.2) is 39.0 Å². The minimum Gasteiger partial charge on any atom is -0.379 e. The molecule has 1 aliphatic heterocycles. The third-order valence-corrected chi connectivity index (χ3v) is 4.76. The average Bonchev–Trinajstić information content (AvgIpc) is 2.59. The van der Waals surface area contributed by atoms with Gasteiger partial charge in [0.15, 0.2) is 0 Å². The average molecular weight is 328 g/mol. The Labute approximate surface area is 144 Å². The normalized spacial score (nSPS) is 16.0. The van der Waals surface area contributed by atoms with Crippen molar-refractivity contribution >= 4 is 0 Å². The van der Waals surface area contributed by atoms with Gasteiger partial charge in [0.25, 0.3) is 0 Å². The molecule has 0 aliphatic carbocycles. The molecular weight excluding hydrogens is 286 g/mol. The van der Waals surface area contributed by atoms with E-state index in [0.29, 0.717) is 6.10 Å². The smallest absolute Gasteiger partial charge is 0.0704 e. The zero-order valence-electron chi connectivity index (χ0n) is 15.6. The number of ether oxygens (including phenoxy) is 2. The van der Waals surface area contributed by atoms with Gasteiger partial charge in [-0.1, -0.05) is 71.1 Å². The number of nitrogens with one attached hydrogen (secondary N) is 1. The van der Waals surface area contributed by atoms with Crippen LogP contribution >= 0.6 is 0 Å². The van der Waals surface area contributed by atoms with E-state index >= 15 is 0 Å². The highest BCUT2D eigenvalue weighted by atomic mass is 16.5. The van der Waals surface area contributed by atoms with Gasteiger partial charge in [0.1, 0.15) is 0 Å². The van der Waals surface area contributed by atoms with Gasteiger partial charge in [0, 0.05) is 6.61 Å². The van der Waals surface area contributed by atoms with Crippen LogP contribution in [0.1, 0.15) is 90.4 Å². The molecule has 0 radical (unpaired) electrons. The zero-order valence-corrected chi connectivity index (χ0v) is 15.6. The van der Waals surface area contributed by atoms with Crippen LogP contribution in [0.3, 0.4) is 0 Å². The molecule has 0 atom stereocenters. The van der Waals surface area contributed by atoms with Gasteiger partial charge in [0.05, 0.1) is 19.3 Å². The first-order valence-electron chi connectivity index (χ1n) is 10.3. The lowest BCUT2D eigenvalue weighted by Crippen LogP contribution is -2.33. The molecule has 1 aliphatic rings. The fraction of sp³-hybridized carbons (Fsp3) is 1.00. The van der Waals surface area contributed by atoms with Crippen LogP contribution in [0, 0.1) is 0 Å². The first-order valence-corrected chi connectivity index (χ1v) is 10.3. The van der Waals surface area contributed by atoms with E-state index in [1.54, 1.807) is 0 Å². The molecule has 23 heavy (non-hydrogen) atoms. The maximum atomic E-state index is 5.82. The summed E-state index contributed by atoms with van der Waals surface area (Å²) >= 11 is 0. The maximum Gasteiger partial charge on any atom is 0.0704 e. The van der Waals surface area contributed by atoms with Crippen LogP contribution in [0.5, 0.6) is 0 Å². The second-order valence-corrected chi connectivity index (χ2v) is 6.97. The Bertz CT molecular complexity index is 230. The molecule has 1 fully saturated rings. The molecule has 0 aromatic carbocycles. The molecular formula is C20H41NO2. The highest BCUT2D eigenvalue weighted by Crippen LogP contribution is 2.11. The van der Waals surface area contributed by atoms with E-state index in [0.717, 1.165) is 45.8 Å². The first-order chi connectivity index (χ1) is 11.4. The predicted octanol–water partition coefficient (Wildman–Crippen LogP) is 5.08. The first kappa shape index (κ1) is 20.9. The molecule has 0 aromatic heterocycles. The predicted molar refractivity (Wildman–Crippen MR) is 99.1 cm³/mol. The Balaban J connectivity index is 1.67. The fourth-order valence-corrected chi connectivity index (χ4v) is 3.21. The van der Waals surface area contributed by atoms with Crippen molar-refractivity contribution in [2.45, 2.75) is 96.5 Å². The highest BCUT2D eigenvalue weighted by Gasteiger charge is 2.12. The van der Waals surface area contributed by atoms with Crippen LogP contribution < -0.4 is 5.32 Å². The Morgan fingerprint density at radius 2 is 1.26 bits per heavy atom. The molecule has 1 N–H and O–H groups in total. The number of rotatable bonds is 16. The summed E-state index contributed by atoms with van der Waals surface area (Å²) < 4.78 is 11.5. The molecule has 0 bridgehead atoms. The second kappa shape index (κ2) is 16.7. The van der Waals surface area contributed by atoms with Gasteiger partial charge in [-0.3, -0.25) is 0 Å². The molecule has 0 saturated carbocycles. The lowest BCUT2D eigenvalue weighted by Gasteiger charge is -2.22. The van der Waals surface area contributed by atoms with Crippen LogP contribution in [0.2, 0.25) is 0 Å². The van der Waals surface area contributed by atoms with Gasteiger partial charge < -0.3 is 14.8 Å². The Morgan fingerprint density at radius 1 is 0.696 bits per heavy atom. The van der Waals surface area contributed by atoms with Crippen LogP contribution in [0.4, 0.5) is 0 Å². The third-order valence-electron chi connectivity index (χ3n) is 4.76. The van der Waals surface area contributed by atoms with E-state index in [2.05, 4.69) is 12.2 Å². The van der Waals surface area contributed by atoms with Crippen molar-refractivity contribution in [2.24, 2.45) is 0 Å². The number of piperidine rings is 1. The van der Waals surface area contributed by atoms with E-state index in [4.69, 9.17) is 9.47 Å². The monoisotopic (exact) mass is 327 g/mol. The van der Waals surface area contributed by atoms with Gasteiger partial charge in [-0.2, -0.15) is 0 Å². The standard InChI is InChI=1S/C20H41NO2/c1-2-3-4-5-6-7-8-9-10-11-12-17-22-18-19-23-20-13-15-21-16-14-20/h20-21H,2-19H2,1H3. The summed E-state index contributed by atoms with van der Waals surface area (Å²) in [6, 6.07) is 0. The van der Waals surface area contributed by atoms with Crippen molar-refractivity contribution in [1.82, 2.24) is 5.32 Å². The summed E-state index contributed by atoms with van der Waals surface area (Å²) in [6.07, 6.45) is 18.1. The quantitative estimate of drug-likeness (QED) is 0.401. The topological polar surface area (TPSA) is 30.5 Å². The Morgan fingerprint density at radius 3 is 1.87 bits per heavy atom. The Kier molecular flexibility index (Phi) is 15.2. The van der Waals surface area contributed by atoms with Crippen molar-refractivity contribution in [1.29, 1.82) is 0 Å². The summed E-state index contributed by atoms with van der Waals surface area (Å²) in [7, 11) is 0. The molecule has 0 amide bonds. The van der Waals surface area contributed by atoms with Gasteiger partial charge in [-0.15, -0.1) is 0 Å². The highest BCUT2D eigenvalue weighted by molar-refractivity contribution is 4.67. The summed E-state index contributed by atoms with van der Waals surface area (Å²) in [6.45, 7) is 6.93. The minimum atomic E-state index is 0.460. The van der Waals surface area contributed by atoms with Crippen LogP contribution in [-0.2, 0) is 9.47 Å². The molecule has 1 rings (SSSR count). The lowest BCUT2D eigenvalue weighted by molar-refractivity contribution is -0.00772. The largest absolute Gasteiger partial charge is 0.379 e. The Hall–Kier alpha value is -0.120. The van der Waals surface area contributed by atoms with Crippen molar-refractivity contribution in [3.63, 3.8) is 0 Å². The number of unbranched alkanes of at least 4 members (excludes halogenated alkanes) is 10. The number of hydrogen-bond acceptors (Lipinski definition) is 3. The molecule has 1 saturated heterocycles. The van der Waals surface area contributed by atoms with E-state index < -0.39 is 0 Å². The summed E-state index contributed by atoms with van der Waals surface area (Å²) in [4.78, 5) is 0. The summed E-state index contributed by atoms with van der Waals surface area (Å²) in [5.41, 5.74) is 0. The van der Waals surface area contributed by atoms with Gasteiger partial charge >= 0.3 is 0 Å².